The molecule has 1 amide bonds. The molecular weight excluding hydrogens is 286 g/mol. The molecule has 3 aliphatic rings. The third kappa shape index (κ3) is 2.74. The van der Waals surface area contributed by atoms with Crippen molar-refractivity contribution in [3.05, 3.63) is 29.3 Å². The van der Waals surface area contributed by atoms with Gasteiger partial charge in [0.05, 0.1) is 0 Å². The quantitative estimate of drug-likeness (QED) is 0.865. The zero-order valence-electron chi connectivity index (χ0n) is 14.1. The summed E-state index contributed by atoms with van der Waals surface area (Å²) in [5.41, 5.74) is 3.32. The first-order valence-electron chi connectivity index (χ1n) is 9.09. The minimum atomic E-state index is 0.247. The number of hydrogen-bond donors (Lipinski definition) is 1. The highest BCUT2D eigenvalue weighted by molar-refractivity contribution is 5.97. The van der Waals surface area contributed by atoms with Gasteiger partial charge in [-0.3, -0.25) is 4.79 Å². The van der Waals surface area contributed by atoms with Crippen molar-refractivity contribution < 1.29 is 4.79 Å². The van der Waals surface area contributed by atoms with Gasteiger partial charge in [-0.25, -0.2) is 0 Å². The Morgan fingerprint density at radius 2 is 2.13 bits per heavy atom. The van der Waals surface area contributed by atoms with E-state index in [4.69, 9.17) is 0 Å². The molecule has 2 saturated heterocycles. The van der Waals surface area contributed by atoms with Gasteiger partial charge in [0.2, 0.25) is 0 Å². The van der Waals surface area contributed by atoms with E-state index < -0.39 is 0 Å². The second kappa shape index (κ2) is 6.16. The summed E-state index contributed by atoms with van der Waals surface area (Å²) in [6.45, 7) is 4.07. The summed E-state index contributed by atoms with van der Waals surface area (Å²) in [6, 6.07) is 6.82. The van der Waals surface area contributed by atoms with E-state index >= 15 is 0 Å². The SMILES string of the molecule is CN1CCCC2CN(C(=O)c3cccc4c3CCCN4)CCC21. The first-order chi connectivity index (χ1) is 11.2. The average Bonchev–Trinajstić information content (AvgIpc) is 2.60. The van der Waals surface area contributed by atoms with E-state index in [-0.39, 0.29) is 5.91 Å². The van der Waals surface area contributed by atoms with E-state index in [1.165, 1.54) is 24.9 Å². The molecule has 23 heavy (non-hydrogen) atoms. The number of nitrogens with zero attached hydrogens (tertiary/aromatic N) is 2. The molecule has 1 aromatic rings. The molecule has 2 atom stereocenters. The molecule has 4 heteroatoms. The van der Waals surface area contributed by atoms with Gasteiger partial charge in [0, 0.05) is 36.9 Å². The van der Waals surface area contributed by atoms with Crippen LogP contribution in [0.2, 0.25) is 0 Å². The highest BCUT2D eigenvalue weighted by Crippen LogP contribution is 2.32. The van der Waals surface area contributed by atoms with Crippen molar-refractivity contribution in [2.75, 3.05) is 38.5 Å². The maximum Gasteiger partial charge on any atom is 0.254 e. The molecule has 2 fully saturated rings. The van der Waals surface area contributed by atoms with Crippen LogP contribution in [0.4, 0.5) is 5.69 Å². The number of piperidine rings is 2. The van der Waals surface area contributed by atoms with Crippen LogP contribution in [-0.4, -0.2) is 55.0 Å². The van der Waals surface area contributed by atoms with Crippen LogP contribution >= 0.6 is 0 Å². The molecule has 124 valence electrons. The minimum absolute atomic E-state index is 0.247. The maximum absolute atomic E-state index is 13.1. The summed E-state index contributed by atoms with van der Waals surface area (Å²) < 4.78 is 0. The second-order valence-electron chi connectivity index (χ2n) is 7.35. The fourth-order valence-electron chi connectivity index (χ4n) is 4.72. The summed E-state index contributed by atoms with van der Waals surface area (Å²) in [5, 5.41) is 3.43. The Balaban J connectivity index is 1.54. The van der Waals surface area contributed by atoms with E-state index in [0.717, 1.165) is 50.1 Å². The van der Waals surface area contributed by atoms with Gasteiger partial charge in [0.1, 0.15) is 0 Å². The van der Waals surface area contributed by atoms with Gasteiger partial charge >= 0.3 is 0 Å². The molecule has 1 N–H and O–H groups in total. The minimum Gasteiger partial charge on any atom is -0.385 e. The number of carbonyl (C=O) groups excluding carboxylic acids is 1. The Morgan fingerprint density at radius 1 is 1.22 bits per heavy atom. The van der Waals surface area contributed by atoms with Crippen LogP contribution in [0.25, 0.3) is 0 Å². The lowest BCUT2D eigenvalue weighted by Gasteiger charge is -2.46. The Hall–Kier alpha value is -1.55. The Kier molecular flexibility index (Phi) is 4.02. The largest absolute Gasteiger partial charge is 0.385 e. The summed E-state index contributed by atoms with van der Waals surface area (Å²) in [5.74, 6) is 0.904. The number of benzene rings is 1. The summed E-state index contributed by atoms with van der Waals surface area (Å²) >= 11 is 0. The standard InChI is InChI=1S/C19H27N3O/c1-21-11-4-5-14-13-22(12-9-18(14)21)19(23)16-6-2-8-17-15(16)7-3-10-20-17/h2,6,8,14,18,20H,3-5,7,9-13H2,1H3. The molecular formula is C19H27N3O. The predicted octanol–water partition coefficient (Wildman–Crippen LogP) is 2.60. The maximum atomic E-state index is 13.1. The second-order valence-corrected chi connectivity index (χ2v) is 7.35. The number of fused-ring (bicyclic) bond motifs is 2. The fraction of sp³-hybridized carbons (Fsp3) is 0.632. The van der Waals surface area contributed by atoms with Gasteiger partial charge in [0.15, 0.2) is 0 Å². The van der Waals surface area contributed by atoms with Crippen LogP contribution in [0.3, 0.4) is 0 Å². The number of hydrogen-bond acceptors (Lipinski definition) is 3. The van der Waals surface area contributed by atoms with Gasteiger partial charge in [-0.1, -0.05) is 6.07 Å². The molecule has 3 heterocycles. The van der Waals surface area contributed by atoms with Crippen molar-refractivity contribution in [3.63, 3.8) is 0 Å². The first kappa shape index (κ1) is 15.0. The zero-order valence-corrected chi connectivity index (χ0v) is 14.1. The lowest BCUT2D eigenvalue weighted by atomic mass is 9.84. The van der Waals surface area contributed by atoms with Crippen LogP contribution in [0, 0.1) is 5.92 Å². The number of nitrogens with one attached hydrogen (secondary N) is 1. The molecule has 2 unspecified atom stereocenters. The normalized spacial score (nSPS) is 27.8. The molecule has 1 aromatic carbocycles. The predicted molar refractivity (Wildman–Crippen MR) is 92.9 cm³/mol. The molecule has 4 rings (SSSR count). The van der Waals surface area contributed by atoms with Crippen LogP contribution in [0.1, 0.15) is 41.6 Å². The van der Waals surface area contributed by atoms with Gasteiger partial charge < -0.3 is 15.1 Å². The molecule has 0 aromatic heterocycles. The van der Waals surface area contributed by atoms with Crippen molar-refractivity contribution in [1.29, 1.82) is 0 Å². The average molecular weight is 313 g/mol. The molecule has 3 aliphatic heterocycles. The molecule has 4 nitrogen and oxygen atoms in total. The van der Waals surface area contributed by atoms with Gasteiger partial charge in [-0.2, -0.15) is 0 Å². The monoisotopic (exact) mass is 313 g/mol. The highest BCUT2D eigenvalue weighted by Gasteiger charge is 2.36. The Labute approximate surface area is 138 Å². The summed E-state index contributed by atoms with van der Waals surface area (Å²) in [6.07, 6.45) is 5.80. The van der Waals surface area contributed by atoms with E-state index in [1.807, 2.05) is 12.1 Å². The van der Waals surface area contributed by atoms with Crippen LogP contribution < -0.4 is 5.32 Å². The fourth-order valence-corrected chi connectivity index (χ4v) is 4.72. The molecule has 0 radical (unpaired) electrons. The van der Waals surface area contributed by atoms with Gasteiger partial charge in [0.25, 0.3) is 5.91 Å². The van der Waals surface area contributed by atoms with Crippen LogP contribution in [-0.2, 0) is 6.42 Å². The van der Waals surface area contributed by atoms with Crippen molar-refractivity contribution >= 4 is 11.6 Å². The van der Waals surface area contributed by atoms with Crippen molar-refractivity contribution in [3.8, 4) is 0 Å². The third-order valence-corrected chi connectivity index (χ3v) is 5.96. The van der Waals surface area contributed by atoms with E-state index in [2.05, 4.69) is 28.2 Å². The number of anilines is 1. The van der Waals surface area contributed by atoms with Gasteiger partial charge in [-0.05, 0) is 69.3 Å². The topological polar surface area (TPSA) is 35.6 Å². The first-order valence-corrected chi connectivity index (χ1v) is 9.09. The number of amides is 1. The Morgan fingerprint density at radius 3 is 3.04 bits per heavy atom. The van der Waals surface area contributed by atoms with E-state index in [9.17, 15) is 4.79 Å². The smallest absolute Gasteiger partial charge is 0.254 e. The van der Waals surface area contributed by atoms with Crippen molar-refractivity contribution in [2.45, 2.75) is 38.1 Å². The van der Waals surface area contributed by atoms with Crippen LogP contribution in [0.15, 0.2) is 18.2 Å². The number of rotatable bonds is 1. The van der Waals surface area contributed by atoms with Crippen molar-refractivity contribution in [2.24, 2.45) is 5.92 Å². The van der Waals surface area contributed by atoms with E-state index in [0.29, 0.717) is 12.0 Å². The third-order valence-electron chi connectivity index (χ3n) is 5.96. The highest BCUT2D eigenvalue weighted by atomic mass is 16.2. The molecule has 0 bridgehead atoms. The Bertz CT molecular complexity index is 600. The van der Waals surface area contributed by atoms with E-state index in [1.54, 1.807) is 0 Å². The number of carbonyl (C=O) groups is 1. The number of likely N-dealkylation sites (tertiary alicyclic amines) is 2. The molecule has 0 aliphatic carbocycles. The van der Waals surface area contributed by atoms with Crippen LogP contribution in [0.5, 0.6) is 0 Å². The summed E-state index contributed by atoms with van der Waals surface area (Å²) in [4.78, 5) is 17.7. The molecule has 0 spiro atoms. The summed E-state index contributed by atoms with van der Waals surface area (Å²) in [7, 11) is 2.24. The van der Waals surface area contributed by atoms with Gasteiger partial charge in [-0.15, -0.1) is 0 Å². The lowest BCUT2D eigenvalue weighted by molar-refractivity contribution is 0.0316. The lowest BCUT2D eigenvalue weighted by Crippen LogP contribution is -2.54. The van der Waals surface area contributed by atoms with Crippen molar-refractivity contribution in [1.82, 2.24) is 9.80 Å². The molecule has 0 saturated carbocycles. The zero-order chi connectivity index (χ0) is 15.8.